The predicted molar refractivity (Wildman–Crippen MR) is 71.9 cm³/mol. The Morgan fingerprint density at radius 3 is 2.95 bits per heavy atom. The molecule has 4 nitrogen and oxygen atoms in total. The molecule has 1 saturated heterocycles. The van der Waals surface area contributed by atoms with Crippen LogP contribution in [0.2, 0.25) is 0 Å². The van der Waals surface area contributed by atoms with Crippen molar-refractivity contribution in [1.82, 2.24) is 4.90 Å². The highest BCUT2D eigenvalue weighted by Crippen LogP contribution is 2.21. The lowest BCUT2D eigenvalue weighted by atomic mass is 10.1. The number of halogens is 1. The van der Waals surface area contributed by atoms with E-state index in [4.69, 9.17) is 5.11 Å². The Morgan fingerprint density at radius 1 is 1.47 bits per heavy atom. The maximum Gasteiger partial charge on any atom is 0.303 e. The van der Waals surface area contributed by atoms with Crippen LogP contribution < -0.4 is 4.90 Å². The van der Waals surface area contributed by atoms with Crippen LogP contribution in [0.15, 0.2) is 24.3 Å². The molecule has 0 bridgehead atoms. The third kappa shape index (κ3) is 3.67. The van der Waals surface area contributed by atoms with Crippen molar-refractivity contribution in [2.45, 2.75) is 18.9 Å². The molecule has 1 aromatic rings. The van der Waals surface area contributed by atoms with Gasteiger partial charge in [-0.2, -0.15) is 0 Å². The molecule has 0 radical (unpaired) electrons. The van der Waals surface area contributed by atoms with Crippen molar-refractivity contribution in [2.75, 3.05) is 31.6 Å². The second-order valence-electron chi connectivity index (χ2n) is 4.99. The van der Waals surface area contributed by atoms with Crippen molar-refractivity contribution in [3.63, 3.8) is 0 Å². The van der Waals surface area contributed by atoms with Gasteiger partial charge in [-0.15, -0.1) is 0 Å². The molecule has 19 heavy (non-hydrogen) atoms. The first-order chi connectivity index (χ1) is 9.06. The molecule has 1 unspecified atom stereocenters. The van der Waals surface area contributed by atoms with Gasteiger partial charge in [0.05, 0.1) is 0 Å². The Morgan fingerprint density at radius 2 is 2.26 bits per heavy atom. The second-order valence-corrected chi connectivity index (χ2v) is 4.99. The van der Waals surface area contributed by atoms with E-state index in [-0.39, 0.29) is 18.3 Å². The van der Waals surface area contributed by atoms with Gasteiger partial charge < -0.3 is 10.0 Å². The summed E-state index contributed by atoms with van der Waals surface area (Å²) < 4.78 is 13.2. The summed E-state index contributed by atoms with van der Waals surface area (Å²) in [6, 6.07) is 6.76. The van der Waals surface area contributed by atoms with Gasteiger partial charge in [0, 0.05) is 37.8 Å². The van der Waals surface area contributed by atoms with E-state index in [1.807, 2.05) is 13.1 Å². The first kappa shape index (κ1) is 13.8. The fraction of sp³-hybridized carbons (Fsp3) is 0.500. The minimum Gasteiger partial charge on any atom is -0.481 e. The molecule has 0 aromatic heterocycles. The molecule has 0 aliphatic carbocycles. The number of piperazine rings is 1. The van der Waals surface area contributed by atoms with Crippen LogP contribution in [0.4, 0.5) is 10.1 Å². The number of aliphatic carboxylic acids is 1. The number of carboxylic acids is 1. The van der Waals surface area contributed by atoms with Gasteiger partial charge in [-0.3, -0.25) is 9.69 Å². The summed E-state index contributed by atoms with van der Waals surface area (Å²) in [6.07, 6.45) is 0.795. The smallest absolute Gasteiger partial charge is 0.303 e. The van der Waals surface area contributed by atoms with E-state index >= 15 is 0 Å². The van der Waals surface area contributed by atoms with E-state index in [9.17, 15) is 9.18 Å². The largest absolute Gasteiger partial charge is 0.481 e. The average Bonchev–Trinajstić information content (AvgIpc) is 2.37. The van der Waals surface area contributed by atoms with Crippen molar-refractivity contribution < 1.29 is 14.3 Å². The summed E-state index contributed by atoms with van der Waals surface area (Å²) in [7, 11) is 2.01. The van der Waals surface area contributed by atoms with Gasteiger partial charge in [-0.05, 0) is 31.7 Å². The number of hydrogen-bond acceptors (Lipinski definition) is 3. The minimum absolute atomic E-state index is 0.173. The molecule has 1 aliphatic heterocycles. The van der Waals surface area contributed by atoms with Crippen LogP contribution in [0, 0.1) is 5.82 Å². The van der Waals surface area contributed by atoms with Crippen LogP contribution in [0.1, 0.15) is 12.8 Å². The lowest BCUT2D eigenvalue weighted by Crippen LogP contribution is -2.51. The van der Waals surface area contributed by atoms with Crippen LogP contribution in [-0.2, 0) is 4.79 Å². The molecular weight excluding hydrogens is 247 g/mol. The van der Waals surface area contributed by atoms with Crippen molar-refractivity contribution >= 4 is 11.7 Å². The van der Waals surface area contributed by atoms with E-state index in [1.165, 1.54) is 12.1 Å². The zero-order valence-corrected chi connectivity index (χ0v) is 11.1. The molecule has 1 aromatic carbocycles. The SMILES string of the molecule is CN1CCN(c2cccc(F)c2)CC1CCC(=O)O. The Balaban J connectivity index is 2.02. The minimum atomic E-state index is -0.767. The van der Waals surface area contributed by atoms with Gasteiger partial charge in [-0.25, -0.2) is 4.39 Å². The molecule has 2 rings (SSSR count). The number of nitrogens with zero attached hydrogens (tertiary/aromatic N) is 2. The van der Waals surface area contributed by atoms with E-state index in [1.54, 1.807) is 6.07 Å². The molecule has 5 heteroatoms. The zero-order chi connectivity index (χ0) is 13.8. The van der Waals surface area contributed by atoms with Crippen LogP contribution in [0.5, 0.6) is 0 Å². The van der Waals surface area contributed by atoms with Gasteiger partial charge in [0.25, 0.3) is 0 Å². The average molecular weight is 266 g/mol. The topological polar surface area (TPSA) is 43.8 Å². The molecule has 0 amide bonds. The number of likely N-dealkylation sites (N-methyl/N-ethyl adjacent to an activating group) is 1. The first-order valence-electron chi connectivity index (χ1n) is 6.49. The van der Waals surface area contributed by atoms with Crippen LogP contribution in [0.3, 0.4) is 0 Å². The summed E-state index contributed by atoms with van der Waals surface area (Å²) in [5.41, 5.74) is 0.869. The van der Waals surface area contributed by atoms with Gasteiger partial charge in [0.1, 0.15) is 5.82 Å². The monoisotopic (exact) mass is 266 g/mol. The molecule has 1 heterocycles. The first-order valence-corrected chi connectivity index (χ1v) is 6.49. The fourth-order valence-corrected chi connectivity index (χ4v) is 2.46. The Labute approximate surface area is 112 Å². The highest BCUT2D eigenvalue weighted by atomic mass is 19.1. The quantitative estimate of drug-likeness (QED) is 0.902. The summed E-state index contributed by atoms with van der Waals surface area (Å²) >= 11 is 0. The molecule has 0 spiro atoms. The van der Waals surface area contributed by atoms with Crippen LogP contribution in [0.25, 0.3) is 0 Å². The summed E-state index contributed by atoms with van der Waals surface area (Å²) in [5, 5.41) is 8.77. The van der Waals surface area contributed by atoms with E-state index in [0.717, 1.165) is 25.3 Å². The molecule has 1 aliphatic rings. The highest BCUT2D eigenvalue weighted by molar-refractivity contribution is 5.66. The summed E-state index contributed by atoms with van der Waals surface area (Å²) in [5.74, 6) is -1.00. The van der Waals surface area contributed by atoms with Crippen LogP contribution >= 0.6 is 0 Å². The third-order valence-electron chi connectivity index (χ3n) is 3.64. The number of hydrogen-bond donors (Lipinski definition) is 1. The lowest BCUT2D eigenvalue weighted by Gasteiger charge is -2.40. The summed E-state index contributed by atoms with van der Waals surface area (Å²) in [6.45, 7) is 2.44. The third-order valence-corrected chi connectivity index (χ3v) is 3.64. The summed E-state index contributed by atoms with van der Waals surface area (Å²) in [4.78, 5) is 15.0. The van der Waals surface area contributed by atoms with E-state index < -0.39 is 5.97 Å². The predicted octanol–water partition coefficient (Wildman–Crippen LogP) is 1.81. The number of carboxylic acid groups (broad SMARTS) is 1. The van der Waals surface area contributed by atoms with Gasteiger partial charge in [0.2, 0.25) is 0 Å². The Hall–Kier alpha value is -1.62. The number of carbonyl (C=O) groups is 1. The number of rotatable bonds is 4. The molecule has 0 saturated carbocycles. The Bertz CT molecular complexity index is 453. The van der Waals surface area contributed by atoms with Crippen LogP contribution in [-0.4, -0.2) is 48.7 Å². The molecule has 104 valence electrons. The fourth-order valence-electron chi connectivity index (χ4n) is 2.46. The van der Waals surface area contributed by atoms with Crippen molar-refractivity contribution in [1.29, 1.82) is 0 Å². The van der Waals surface area contributed by atoms with Crippen molar-refractivity contribution in [3.8, 4) is 0 Å². The molecule has 1 N–H and O–H groups in total. The standard InChI is InChI=1S/C14H19FN2O2/c1-16-7-8-17(10-13(16)5-6-14(18)19)12-4-2-3-11(15)9-12/h2-4,9,13H,5-8,10H2,1H3,(H,18,19). The van der Waals surface area contributed by atoms with Crippen molar-refractivity contribution in [2.24, 2.45) is 0 Å². The highest BCUT2D eigenvalue weighted by Gasteiger charge is 2.24. The van der Waals surface area contributed by atoms with Crippen molar-refractivity contribution in [3.05, 3.63) is 30.1 Å². The normalized spacial score (nSPS) is 20.5. The van der Waals surface area contributed by atoms with Gasteiger partial charge in [0.15, 0.2) is 0 Å². The molecule has 1 atom stereocenters. The number of benzene rings is 1. The maximum absolute atomic E-state index is 13.2. The van der Waals surface area contributed by atoms with E-state index in [0.29, 0.717) is 6.42 Å². The molecule has 1 fully saturated rings. The van der Waals surface area contributed by atoms with Gasteiger partial charge in [-0.1, -0.05) is 6.07 Å². The second kappa shape index (κ2) is 6.02. The number of anilines is 1. The lowest BCUT2D eigenvalue weighted by molar-refractivity contribution is -0.137. The van der Waals surface area contributed by atoms with Gasteiger partial charge >= 0.3 is 5.97 Å². The maximum atomic E-state index is 13.2. The molecular formula is C14H19FN2O2. The Kier molecular flexibility index (Phi) is 4.37. The van der Waals surface area contributed by atoms with E-state index in [2.05, 4.69) is 9.80 Å². The zero-order valence-electron chi connectivity index (χ0n) is 11.1.